The molecule has 0 aliphatic rings. The van der Waals surface area contributed by atoms with E-state index in [9.17, 15) is 0 Å². The molecule has 0 saturated heterocycles. The summed E-state index contributed by atoms with van der Waals surface area (Å²) in [5, 5.41) is 2.29. The second kappa shape index (κ2) is 4.13. The summed E-state index contributed by atoms with van der Waals surface area (Å²) in [7, 11) is 3.29. The zero-order valence-corrected chi connectivity index (χ0v) is 10.3. The van der Waals surface area contributed by atoms with Crippen LogP contribution in [0, 0.1) is 0 Å². The van der Waals surface area contributed by atoms with Gasteiger partial charge in [0.25, 0.3) is 0 Å². The van der Waals surface area contributed by atoms with E-state index in [-0.39, 0.29) is 0 Å². The first kappa shape index (κ1) is 10.3. The zero-order chi connectivity index (χ0) is 10.8. The van der Waals surface area contributed by atoms with Crippen molar-refractivity contribution in [3.8, 4) is 11.5 Å². The third-order valence-electron chi connectivity index (χ3n) is 2.31. The van der Waals surface area contributed by atoms with Crippen LogP contribution in [0.4, 0.5) is 0 Å². The predicted molar refractivity (Wildman–Crippen MR) is 62.4 cm³/mol. The normalized spacial score (nSPS) is 10.3. The first-order valence-electron chi connectivity index (χ1n) is 4.57. The molecule has 0 spiro atoms. The molecule has 2 aromatic rings. The number of benzene rings is 2. The van der Waals surface area contributed by atoms with Crippen LogP contribution >= 0.6 is 0 Å². The summed E-state index contributed by atoms with van der Waals surface area (Å²) >= 11 is 2.99. The van der Waals surface area contributed by atoms with E-state index in [1.54, 1.807) is 14.2 Å². The molecule has 0 fully saturated rings. The van der Waals surface area contributed by atoms with Crippen molar-refractivity contribution in [1.29, 1.82) is 0 Å². The van der Waals surface area contributed by atoms with Crippen LogP contribution in [0.1, 0.15) is 0 Å². The van der Waals surface area contributed by atoms with Crippen molar-refractivity contribution in [2.45, 2.75) is 0 Å². The maximum absolute atomic E-state index is 5.25. The molecule has 0 atom stereocenters. The van der Waals surface area contributed by atoms with Crippen LogP contribution in [-0.2, 0) is 0 Å². The molecule has 1 radical (unpaired) electrons. The van der Waals surface area contributed by atoms with Gasteiger partial charge < -0.3 is 0 Å². The fourth-order valence-electron chi connectivity index (χ4n) is 1.55. The molecule has 0 N–H and O–H groups in total. The summed E-state index contributed by atoms with van der Waals surface area (Å²) in [4.78, 5) is 0. The molecular formula is C12H11O2Se. The molecule has 2 nitrogen and oxygen atoms in total. The van der Waals surface area contributed by atoms with E-state index >= 15 is 0 Å². The molecule has 0 bridgehead atoms. The van der Waals surface area contributed by atoms with E-state index in [0.29, 0.717) is 0 Å². The van der Waals surface area contributed by atoms with Crippen molar-refractivity contribution in [1.82, 2.24) is 0 Å². The van der Waals surface area contributed by atoms with E-state index in [1.165, 1.54) is 0 Å². The van der Waals surface area contributed by atoms with Crippen LogP contribution in [-0.4, -0.2) is 30.2 Å². The average Bonchev–Trinajstić information content (AvgIpc) is 2.27. The minimum atomic E-state index is 0.760. The van der Waals surface area contributed by atoms with Crippen LogP contribution in [0.15, 0.2) is 30.3 Å². The second-order valence-electron chi connectivity index (χ2n) is 3.22. The summed E-state index contributed by atoms with van der Waals surface area (Å²) in [6.07, 6.45) is 0. The number of ether oxygens (including phenoxy) is 2. The first-order chi connectivity index (χ1) is 7.24. The molecule has 0 aliphatic carbocycles. The summed E-state index contributed by atoms with van der Waals surface area (Å²) in [5.41, 5.74) is 0. The fourth-order valence-corrected chi connectivity index (χ4v) is 1.96. The SMILES string of the molecule is COc1cc2ccc([Se])cc2cc1OC. The number of fused-ring (bicyclic) bond motifs is 1. The van der Waals surface area contributed by atoms with Crippen LogP contribution in [0.3, 0.4) is 0 Å². The second-order valence-corrected chi connectivity index (χ2v) is 4.21. The van der Waals surface area contributed by atoms with Crippen LogP contribution < -0.4 is 13.9 Å². The molecule has 0 unspecified atom stereocenters. The minimum absolute atomic E-state index is 0.760. The molecule has 0 saturated carbocycles. The number of hydrogen-bond donors (Lipinski definition) is 0. The fraction of sp³-hybridized carbons (Fsp3) is 0.167. The molecule has 0 heterocycles. The third kappa shape index (κ3) is 1.94. The Morgan fingerprint density at radius 2 is 1.47 bits per heavy atom. The van der Waals surface area contributed by atoms with E-state index < -0.39 is 0 Å². The van der Waals surface area contributed by atoms with Gasteiger partial charge in [0.15, 0.2) is 0 Å². The van der Waals surface area contributed by atoms with Crippen molar-refractivity contribution in [3.63, 3.8) is 0 Å². The van der Waals surface area contributed by atoms with Gasteiger partial charge in [-0.05, 0) is 0 Å². The van der Waals surface area contributed by atoms with Crippen LogP contribution in [0.25, 0.3) is 10.8 Å². The Kier molecular flexibility index (Phi) is 2.85. The molecule has 0 amide bonds. The van der Waals surface area contributed by atoms with Crippen molar-refractivity contribution >= 4 is 31.2 Å². The van der Waals surface area contributed by atoms with Gasteiger partial charge in [-0.2, -0.15) is 0 Å². The predicted octanol–water partition coefficient (Wildman–Crippen LogP) is 1.65. The monoisotopic (exact) mass is 267 g/mol. The molecule has 77 valence electrons. The summed E-state index contributed by atoms with van der Waals surface area (Å²) in [6, 6.07) is 10.1. The Balaban J connectivity index is 2.69. The van der Waals surface area contributed by atoms with Gasteiger partial charge in [-0.25, -0.2) is 0 Å². The Morgan fingerprint density at radius 1 is 0.867 bits per heavy atom. The first-order valence-corrected chi connectivity index (χ1v) is 5.43. The van der Waals surface area contributed by atoms with Gasteiger partial charge in [-0.15, -0.1) is 0 Å². The Bertz CT molecular complexity index is 494. The Morgan fingerprint density at radius 3 is 2.07 bits per heavy atom. The quantitative estimate of drug-likeness (QED) is 0.769. The van der Waals surface area contributed by atoms with E-state index in [0.717, 1.165) is 26.7 Å². The van der Waals surface area contributed by atoms with Gasteiger partial charge in [0.2, 0.25) is 0 Å². The van der Waals surface area contributed by atoms with Crippen LogP contribution in [0.2, 0.25) is 0 Å². The average molecular weight is 266 g/mol. The van der Waals surface area contributed by atoms with Gasteiger partial charge in [-0.1, -0.05) is 0 Å². The Hall–Kier alpha value is -1.18. The number of methoxy groups -OCH3 is 2. The van der Waals surface area contributed by atoms with E-state index in [1.807, 2.05) is 18.2 Å². The number of rotatable bonds is 2. The zero-order valence-electron chi connectivity index (χ0n) is 8.61. The summed E-state index contributed by atoms with van der Waals surface area (Å²) < 4.78 is 11.6. The van der Waals surface area contributed by atoms with Crippen molar-refractivity contribution in [2.75, 3.05) is 14.2 Å². The molecule has 0 aliphatic heterocycles. The molecular weight excluding hydrogens is 255 g/mol. The maximum atomic E-state index is 5.25. The van der Waals surface area contributed by atoms with Gasteiger partial charge in [-0.3, -0.25) is 0 Å². The van der Waals surface area contributed by atoms with Crippen molar-refractivity contribution in [3.05, 3.63) is 30.3 Å². The van der Waals surface area contributed by atoms with E-state index in [4.69, 9.17) is 9.47 Å². The van der Waals surface area contributed by atoms with Gasteiger partial charge in [0.1, 0.15) is 0 Å². The molecule has 3 heteroatoms. The summed E-state index contributed by atoms with van der Waals surface area (Å²) in [5.74, 6) is 1.52. The van der Waals surface area contributed by atoms with Crippen molar-refractivity contribution < 1.29 is 9.47 Å². The topological polar surface area (TPSA) is 18.5 Å². The molecule has 2 aromatic carbocycles. The van der Waals surface area contributed by atoms with Crippen LogP contribution in [0.5, 0.6) is 11.5 Å². The molecule has 0 aromatic heterocycles. The van der Waals surface area contributed by atoms with Gasteiger partial charge >= 0.3 is 96.8 Å². The Labute approximate surface area is 97.0 Å². The molecule has 2 rings (SSSR count). The standard InChI is InChI=1S/C12H11O2Se/c1-13-11-6-8-3-4-10(15)5-9(8)7-12(11)14-2/h3-7H,1-2H3. The van der Waals surface area contributed by atoms with E-state index in [2.05, 4.69) is 28.1 Å². The van der Waals surface area contributed by atoms with Gasteiger partial charge in [0, 0.05) is 0 Å². The van der Waals surface area contributed by atoms with Gasteiger partial charge in [0.05, 0.1) is 0 Å². The third-order valence-corrected chi connectivity index (χ3v) is 2.85. The number of hydrogen-bond acceptors (Lipinski definition) is 2. The molecule has 15 heavy (non-hydrogen) atoms. The van der Waals surface area contributed by atoms with Crippen molar-refractivity contribution in [2.24, 2.45) is 0 Å². The summed E-state index contributed by atoms with van der Waals surface area (Å²) in [6.45, 7) is 0.